The van der Waals surface area contributed by atoms with Gasteiger partial charge in [0.25, 0.3) is 11.6 Å². The molecule has 0 bridgehead atoms. The number of aryl methyl sites for hydroxylation is 1. The maximum absolute atomic E-state index is 13.5. The van der Waals surface area contributed by atoms with Crippen LogP contribution in [-0.4, -0.2) is 59.4 Å². The van der Waals surface area contributed by atoms with Crippen LogP contribution < -0.4 is 14.9 Å². The maximum atomic E-state index is 13.5. The van der Waals surface area contributed by atoms with Crippen molar-refractivity contribution in [1.82, 2.24) is 14.7 Å². The van der Waals surface area contributed by atoms with Gasteiger partial charge in [-0.15, -0.1) is 0 Å². The third-order valence-corrected chi connectivity index (χ3v) is 5.24. The molecule has 0 fully saturated rings. The Hall–Kier alpha value is -4.74. The van der Waals surface area contributed by atoms with Gasteiger partial charge in [-0.05, 0) is 30.7 Å². The van der Waals surface area contributed by atoms with Crippen LogP contribution >= 0.6 is 0 Å². The van der Waals surface area contributed by atoms with Crippen LogP contribution in [0.4, 0.5) is 5.69 Å². The largest absolute Gasteiger partial charge is 0.497 e. The van der Waals surface area contributed by atoms with E-state index in [0.717, 1.165) is 15.6 Å². The first-order valence-electron chi connectivity index (χ1n) is 10.6. The monoisotopic (exact) mass is 496 g/mol. The molecule has 0 aliphatic carbocycles. The number of para-hydroxylation sites is 2. The van der Waals surface area contributed by atoms with Crippen LogP contribution in [0.15, 0.2) is 53.3 Å². The summed E-state index contributed by atoms with van der Waals surface area (Å²) in [6, 6.07) is 11.9. The van der Waals surface area contributed by atoms with Crippen molar-refractivity contribution in [2.24, 2.45) is 0 Å². The van der Waals surface area contributed by atoms with Crippen LogP contribution in [0.2, 0.25) is 0 Å². The lowest BCUT2D eigenvalue weighted by molar-refractivity contribution is -0.384. The van der Waals surface area contributed by atoms with E-state index < -0.39 is 34.5 Å². The van der Waals surface area contributed by atoms with Crippen LogP contribution in [0, 0.1) is 17.0 Å². The van der Waals surface area contributed by atoms with Crippen molar-refractivity contribution in [3.05, 3.63) is 85.8 Å². The number of carbonyl (C=O) groups excluding carboxylic acids is 2. The van der Waals surface area contributed by atoms with Crippen LogP contribution in [0.1, 0.15) is 21.7 Å². The lowest BCUT2D eigenvalue weighted by Gasteiger charge is -2.22. The van der Waals surface area contributed by atoms with Gasteiger partial charge in [0.2, 0.25) is 5.43 Å². The molecule has 2 aromatic carbocycles. The molecule has 0 spiro atoms. The number of amides is 1. The molecule has 0 aliphatic heterocycles. The molecular weight excluding hydrogens is 472 g/mol. The molecule has 0 aliphatic rings. The summed E-state index contributed by atoms with van der Waals surface area (Å²) >= 11 is 0. The molecule has 0 radical (unpaired) electrons. The third-order valence-electron chi connectivity index (χ3n) is 5.24. The fraction of sp³-hybridized carbons (Fsp3) is 0.250. The van der Waals surface area contributed by atoms with Crippen molar-refractivity contribution < 1.29 is 28.7 Å². The molecule has 0 saturated carbocycles. The summed E-state index contributed by atoms with van der Waals surface area (Å²) in [6.45, 7) is 0.950. The minimum absolute atomic E-state index is 0.0751. The molecular formula is C24H24N4O8. The van der Waals surface area contributed by atoms with E-state index in [9.17, 15) is 24.5 Å². The second-order valence-electron chi connectivity index (χ2n) is 7.61. The Morgan fingerprint density at radius 3 is 2.28 bits per heavy atom. The molecule has 1 heterocycles. The van der Waals surface area contributed by atoms with E-state index in [0.29, 0.717) is 17.1 Å². The molecule has 3 rings (SSSR count). The minimum Gasteiger partial charge on any atom is -0.497 e. The van der Waals surface area contributed by atoms with Crippen molar-refractivity contribution in [3.63, 3.8) is 0 Å². The van der Waals surface area contributed by atoms with E-state index >= 15 is 0 Å². The number of methoxy groups -OCH3 is 3. The van der Waals surface area contributed by atoms with Crippen LogP contribution in [0.5, 0.6) is 11.5 Å². The van der Waals surface area contributed by atoms with Gasteiger partial charge in [-0.25, -0.2) is 4.68 Å². The van der Waals surface area contributed by atoms with Crippen molar-refractivity contribution in [1.29, 1.82) is 0 Å². The van der Waals surface area contributed by atoms with E-state index in [1.165, 1.54) is 46.5 Å². The van der Waals surface area contributed by atoms with Gasteiger partial charge in [-0.1, -0.05) is 12.1 Å². The lowest BCUT2D eigenvalue weighted by Crippen LogP contribution is -2.39. The zero-order valence-corrected chi connectivity index (χ0v) is 20.1. The number of nitro benzene ring substituents is 1. The van der Waals surface area contributed by atoms with E-state index in [2.05, 4.69) is 5.10 Å². The zero-order chi connectivity index (χ0) is 26.4. The van der Waals surface area contributed by atoms with Crippen molar-refractivity contribution in [2.45, 2.75) is 13.5 Å². The van der Waals surface area contributed by atoms with E-state index in [1.54, 1.807) is 24.3 Å². The Balaban J connectivity index is 2.09. The van der Waals surface area contributed by atoms with Gasteiger partial charge in [-0.2, -0.15) is 5.10 Å². The summed E-state index contributed by atoms with van der Waals surface area (Å²) < 4.78 is 16.4. The predicted octanol–water partition coefficient (Wildman–Crippen LogP) is 2.28. The average molecular weight is 496 g/mol. The zero-order valence-electron chi connectivity index (χ0n) is 20.1. The van der Waals surface area contributed by atoms with E-state index in [4.69, 9.17) is 14.2 Å². The van der Waals surface area contributed by atoms with Gasteiger partial charge in [0.1, 0.15) is 23.7 Å². The molecule has 36 heavy (non-hydrogen) atoms. The molecule has 0 atom stereocenters. The summed E-state index contributed by atoms with van der Waals surface area (Å²) in [4.78, 5) is 50.4. The third kappa shape index (κ3) is 5.66. The Bertz CT molecular complexity index is 1350. The molecule has 3 aromatic rings. The predicted molar refractivity (Wildman–Crippen MR) is 128 cm³/mol. The van der Waals surface area contributed by atoms with Gasteiger partial charge < -0.3 is 19.1 Å². The number of esters is 1. The highest BCUT2D eigenvalue weighted by molar-refractivity contribution is 5.94. The van der Waals surface area contributed by atoms with Crippen molar-refractivity contribution >= 4 is 17.6 Å². The smallest absolute Gasteiger partial charge is 0.325 e. The van der Waals surface area contributed by atoms with Gasteiger partial charge in [-0.3, -0.25) is 24.5 Å². The number of ether oxygens (including phenoxy) is 3. The first kappa shape index (κ1) is 25.9. The molecule has 188 valence electrons. The van der Waals surface area contributed by atoms with E-state index in [-0.39, 0.29) is 23.6 Å². The standard InChI is InChI=1S/C24H24N4O8/c1-15-9-21(29)23(25-27(15)19-7-5-6-8-20(19)28(32)33)24(31)26(14-22(30)36-4)13-16-10-17(34-2)12-18(11-16)35-3/h5-12H,13-14H2,1-4H3. The Kier molecular flexibility index (Phi) is 8.00. The number of aromatic nitrogens is 2. The number of hydrogen-bond donors (Lipinski definition) is 0. The molecule has 0 unspecified atom stereocenters. The second kappa shape index (κ2) is 11.1. The first-order chi connectivity index (χ1) is 17.2. The number of benzene rings is 2. The second-order valence-corrected chi connectivity index (χ2v) is 7.61. The van der Waals surface area contributed by atoms with E-state index in [1.807, 2.05) is 0 Å². The lowest BCUT2D eigenvalue weighted by atomic mass is 10.1. The number of carbonyl (C=O) groups is 2. The summed E-state index contributed by atoms with van der Waals surface area (Å²) in [7, 11) is 4.11. The van der Waals surface area contributed by atoms with Gasteiger partial charge >= 0.3 is 5.97 Å². The summed E-state index contributed by atoms with van der Waals surface area (Å²) in [5, 5.41) is 15.7. The van der Waals surface area contributed by atoms with Crippen molar-refractivity contribution in [3.8, 4) is 17.2 Å². The minimum atomic E-state index is -0.862. The first-order valence-corrected chi connectivity index (χ1v) is 10.6. The number of nitro groups is 1. The Morgan fingerprint density at radius 1 is 1.06 bits per heavy atom. The van der Waals surface area contributed by atoms with Crippen molar-refractivity contribution in [2.75, 3.05) is 27.9 Å². The normalized spacial score (nSPS) is 10.4. The topological polar surface area (TPSA) is 143 Å². The SMILES string of the molecule is COC(=O)CN(Cc1cc(OC)cc(OC)c1)C(=O)c1nn(-c2ccccc2[N+](=O)[O-])c(C)cc1=O. The van der Waals surface area contributed by atoms with Crippen LogP contribution in [-0.2, 0) is 16.1 Å². The van der Waals surface area contributed by atoms with Gasteiger partial charge in [0, 0.05) is 30.4 Å². The molecule has 1 aromatic heterocycles. The fourth-order valence-corrected chi connectivity index (χ4v) is 3.48. The molecule has 12 heteroatoms. The van der Waals surface area contributed by atoms with Crippen LogP contribution in [0.3, 0.4) is 0 Å². The number of hydrogen-bond acceptors (Lipinski definition) is 9. The average Bonchev–Trinajstić information content (AvgIpc) is 2.87. The molecule has 0 saturated heterocycles. The summed E-state index contributed by atoms with van der Waals surface area (Å²) in [5.41, 5.74) is -0.573. The Morgan fingerprint density at radius 2 is 1.69 bits per heavy atom. The fourth-order valence-electron chi connectivity index (χ4n) is 3.48. The molecule has 1 amide bonds. The summed E-state index contributed by atoms with van der Waals surface area (Å²) in [5.74, 6) is -0.659. The number of rotatable bonds is 9. The molecule has 0 N–H and O–H groups in total. The highest BCUT2D eigenvalue weighted by Gasteiger charge is 2.26. The quantitative estimate of drug-likeness (QED) is 0.248. The highest BCUT2D eigenvalue weighted by Crippen LogP contribution is 2.25. The summed E-state index contributed by atoms with van der Waals surface area (Å²) in [6.07, 6.45) is 0. The van der Waals surface area contributed by atoms with Crippen LogP contribution in [0.25, 0.3) is 5.69 Å². The van der Waals surface area contributed by atoms with Gasteiger partial charge in [0.05, 0.1) is 26.3 Å². The Labute approximate surface area is 205 Å². The van der Waals surface area contributed by atoms with Gasteiger partial charge in [0.15, 0.2) is 5.69 Å². The highest BCUT2D eigenvalue weighted by atomic mass is 16.6. The molecule has 12 nitrogen and oxygen atoms in total. The maximum Gasteiger partial charge on any atom is 0.325 e. The number of nitrogens with zero attached hydrogens (tertiary/aromatic N) is 4.